The summed E-state index contributed by atoms with van der Waals surface area (Å²) in [5, 5.41) is 3.50. The highest BCUT2D eigenvalue weighted by Crippen LogP contribution is 2.48. The van der Waals surface area contributed by atoms with Crippen molar-refractivity contribution in [3.63, 3.8) is 0 Å². The molecule has 0 spiro atoms. The summed E-state index contributed by atoms with van der Waals surface area (Å²) in [7, 11) is 0. The Morgan fingerprint density at radius 1 is 1.47 bits per heavy atom. The maximum absolute atomic E-state index is 13.4. The van der Waals surface area contributed by atoms with Crippen molar-refractivity contribution in [2.45, 2.75) is 38.5 Å². The first-order valence-corrected chi connectivity index (χ1v) is 6.66. The van der Waals surface area contributed by atoms with Gasteiger partial charge in [-0.25, -0.2) is 4.39 Å². The van der Waals surface area contributed by atoms with Gasteiger partial charge >= 0.3 is 0 Å². The lowest BCUT2D eigenvalue weighted by Gasteiger charge is -2.49. The van der Waals surface area contributed by atoms with Crippen LogP contribution in [0.4, 0.5) is 4.39 Å². The number of halogens is 1. The zero-order valence-electron chi connectivity index (χ0n) is 10.8. The molecule has 1 aromatic carbocycles. The highest BCUT2D eigenvalue weighted by Gasteiger charge is 2.44. The van der Waals surface area contributed by atoms with E-state index in [4.69, 9.17) is 0 Å². The zero-order valence-corrected chi connectivity index (χ0v) is 10.8. The molecule has 1 fully saturated rings. The fourth-order valence-corrected chi connectivity index (χ4v) is 2.86. The van der Waals surface area contributed by atoms with E-state index in [0.29, 0.717) is 5.92 Å². The van der Waals surface area contributed by atoms with E-state index >= 15 is 0 Å². The summed E-state index contributed by atoms with van der Waals surface area (Å²) in [5.74, 6) is 0.533. The molecule has 1 aliphatic rings. The van der Waals surface area contributed by atoms with Gasteiger partial charge in [0.2, 0.25) is 0 Å². The third-order valence-electron chi connectivity index (χ3n) is 4.23. The van der Waals surface area contributed by atoms with E-state index in [1.165, 1.54) is 24.5 Å². The number of hydrogen-bond acceptors (Lipinski definition) is 1. The van der Waals surface area contributed by atoms with E-state index in [9.17, 15) is 4.39 Å². The van der Waals surface area contributed by atoms with Gasteiger partial charge in [0, 0.05) is 12.0 Å². The molecule has 0 radical (unpaired) electrons. The Labute approximate surface area is 103 Å². The van der Waals surface area contributed by atoms with Gasteiger partial charge in [0.25, 0.3) is 0 Å². The molecule has 1 nitrogen and oxygen atoms in total. The second kappa shape index (κ2) is 5.18. The van der Waals surface area contributed by atoms with Crippen LogP contribution >= 0.6 is 0 Å². The van der Waals surface area contributed by atoms with E-state index in [-0.39, 0.29) is 11.2 Å². The third-order valence-corrected chi connectivity index (χ3v) is 4.23. The first kappa shape index (κ1) is 12.6. The first-order valence-electron chi connectivity index (χ1n) is 6.66. The van der Waals surface area contributed by atoms with Gasteiger partial charge in [-0.3, -0.25) is 0 Å². The van der Waals surface area contributed by atoms with Crippen molar-refractivity contribution in [2.75, 3.05) is 13.1 Å². The molecule has 0 aliphatic heterocycles. The number of benzene rings is 1. The molecule has 94 valence electrons. The van der Waals surface area contributed by atoms with Gasteiger partial charge in [0.05, 0.1) is 0 Å². The molecule has 2 unspecified atom stereocenters. The summed E-state index contributed by atoms with van der Waals surface area (Å²) in [4.78, 5) is 0. The van der Waals surface area contributed by atoms with Crippen LogP contribution in [0.1, 0.15) is 38.7 Å². The molecule has 1 saturated carbocycles. The van der Waals surface area contributed by atoms with Crippen LogP contribution in [0.5, 0.6) is 0 Å². The van der Waals surface area contributed by atoms with Crippen molar-refractivity contribution < 1.29 is 4.39 Å². The molecule has 1 aromatic rings. The molecule has 1 aliphatic carbocycles. The second-order valence-corrected chi connectivity index (χ2v) is 5.28. The molecule has 0 saturated heterocycles. The molecule has 0 bridgehead atoms. The number of hydrogen-bond donors (Lipinski definition) is 1. The molecular formula is C15H22FN. The van der Waals surface area contributed by atoms with E-state index in [1.54, 1.807) is 6.07 Å². The molecule has 0 heterocycles. The number of nitrogens with one attached hydrogen (secondary N) is 1. The van der Waals surface area contributed by atoms with Crippen LogP contribution in [0, 0.1) is 11.7 Å². The minimum atomic E-state index is -0.114. The molecule has 1 N–H and O–H groups in total. The summed E-state index contributed by atoms with van der Waals surface area (Å²) in [6.45, 7) is 6.48. The Morgan fingerprint density at radius 3 is 2.82 bits per heavy atom. The van der Waals surface area contributed by atoms with Gasteiger partial charge in [-0.15, -0.1) is 0 Å². The molecular weight excluding hydrogens is 213 g/mol. The third kappa shape index (κ3) is 2.37. The fourth-order valence-electron chi connectivity index (χ4n) is 2.86. The average Bonchev–Trinajstić information content (AvgIpc) is 2.33. The van der Waals surface area contributed by atoms with E-state index in [1.807, 2.05) is 6.07 Å². The van der Waals surface area contributed by atoms with Crippen LogP contribution < -0.4 is 5.32 Å². The minimum Gasteiger partial charge on any atom is -0.316 e. The van der Waals surface area contributed by atoms with Crippen molar-refractivity contribution in [3.8, 4) is 0 Å². The quantitative estimate of drug-likeness (QED) is 0.770. The second-order valence-electron chi connectivity index (χ2n) is 5.28. The van der Waals surface area contributed by atoms with Gasteiger partial charge in [-0.05, 0) is 49.4 Å². The standard InChI is InChI=1S/C15H22FN/c1-3-9-17-11-15(8-7-12(15)2)13-5-4-6-14(16)10-13/h4-6,10,12,17H,3,7-9,11H2,1-2H3. The van der Waals surface area contributed by atoms with Crippen LogP contribution in [0.25, 0.3) is 0 Å². The molecule has 2 rings (SSSR count). The molecule has 17 heavy (non-hydrogen) atoms. The Kier molecular flexibility index (Phi) is 3.82. The van der Waals surface area contributed by atoms with Gasteiger partial charge in [0.1, 0.15) is 5.82 Å². The van der Waals surface area contributed by atoms with Gasteiger partial charge in [0.15, 0.2) is 0 Å². The average molecular weight is 235 g/mol. The maximum atomic E-state index is 13.4. The largest absolute Gasteiger partial charge is 0.316 e. The highest BCUT2D eigenvalue weighted by molar-refractivity contribution is 5.30. The van der Waals surface area contributed by atoms with Gasteiger partial charge in [-0.1, -0.05) is 26.0 Å². The van der Waals surface area contributed by atoms with Crippen molar-refractivity contribution >= 4 is 0 Å². The first-order chi connectivity index (χ1) is 8.19. The lowest BCUT2D eigenvalue weighted by Crippen LogP contribution is -2.50. The van der Waals surface area contributed by atoms with E-state index in [0.717, 1.165) is 19.5 Å². The SMILES string of the molecule is CCCNCC1(c2cccc(F)c2)CCC1C. The molecule has 2 heteroatoms. The van der Waals surface area contributed by atoms with Crippen LogP contribution in [0.15, 0.2) is 24.3 Å². The van der Waals surface area contributed by atoms with Crippen LogP contribution in [-0.4, -0.2) is 13.1 Å². The predicted molar refractivity (Wildman–Crippen MR) is 69.6 cm³/mol. The van der Waals surface area contributed by atoms with E-state index in [2.05, 4.69) is 25.2 Å². The van der Waals surface area contributed by atoms with Crippen molar-refractivity contribution in [2.24, 2.45) is 5.92 Å². The lowest BCUT2D eigenvalue weighted by atomic mass is 9.57. The summed E-state index contributed by atoms with van der Waals surface area (Å²) < 4.78 is 13.4. The fraction of sp³-hybridized carbons (Fsp3) is 0.600. The van der Waals surface area contributed by atoms with Gasteiger partial charge in [-0.2, -0.15) is 0 Å². The summed E-state index contributed by atoms with van der Waals surface area (Å²) in [6, 6.07) is 7.15. The summed E-state index contributed by atoms with van der Waals surface area (Å²) in [6.07, 6.45) is 3.58. The maximum Gasteiger partial charge on any atom is 0.123 e. The molecule has 0 aromatic heterocycles. The van der Waals surface area contributed by atoms with Gasteiger partial charge < -0.3 is 5.32 Å². The smallest absolute Gasteiger partial charge is 0.123 e. The predicted octanol–water partition coefficient (Wildman–Crippen LogP) is 3.49. The Hall–Kier alpha value is -0.890. The van der Waals surface area contributed by atoms with Crippen LogP contribution in [0.2, 0.25) is 0 Å². The van der Waals surface area contributed by atoms with Crippen molar-refractivity contribution in [1.82, 2.24) is 5.32 Å². The summed E-state index contributed by atoms with van der Waals surface area (Å²) in [5.41, 5.74) is 1.33. The Morgan fingerprint density at radius 2 is 2.29 bits per heavy atom. The number of rotatable bonds is 5. The van der Waals surface area contributed by atoms with Crippen LogP contribution in [-0.2, 0) is 5.41 Å². The lowest BCUT2D eigenvalue weighted by molar-refractivity contribution is 0.134. The molecule has 0 amide bonds. The van der Waals surface area contributed by atoms with Crippen LogP contribution in [0.3, 0.4) is 0 Å². The minimum absolute atomic E-state index is 0.114. The summed E-state index contributed by atoms with van der Waals surface area (Å²) >= 11 is 0. The Balaban J connectivity index is 2.17. The topological polar surface area (TPSA) is 12.0 Å². The normalized spacial score (nSPS) is 27.8. The van der Waals surface area contributed by atoms with Crippen molar-refractivity contribution in [3.05, 3.63) is 35.6 Å². The monoisotopic (exact) mass is 235 g/mol. The zero-order chi connectivity index (χ0) is 12.3. The Bertz CT molecular complexity index is 377. The molecule has 2 atom stereocenters. The highest BCUT2D eigenvalue weighted by atomic mass is 19.1. The van der Waals surface area contributed by atoms with Crippen molar-refractivity contribution in [1.29, 1.82) is 0 Å². The van der Waals surface area contributed by atoms with E-state index < -0.39 is 0 Å².